The summed E-state index contributed by atoms with van der Waals surface area (Å²) in [6.07, 6.45) is 1.67. The fourth-order valence-corrected chi connectivity index (χ4v) is 1.40. The van der Waals surface area contributed by atoms with E-state index in [4.69, 9.17) is 4.74 Å². The SMILES string of the molecule is O=[N+]([O-])OCCCCN1CCOCC1. The molecule has 0 aliphatic carbocycles. The third-order valence-corrected chi connectivity index (χ3v) is 2.17. The third-order valence-electron chi connectivity index (χ3n) is 2.17. The van der Waals surface area contributed by atoms with Crippen LogP contribution in [0.5, 0.6) is 0 Å². The normalized spacial score (nSPS) is 18.0. The van der Waals surface area contributed by atoms with Gasteiger partial charge in [-0.2, -0.15) is 0 Å². The van der Waals surface area contributed by atoms with Gasteiger partial charge in [-0.1, -0.05) is 0 Å². The number of hydrogen-bond donors (Lipinski definition) is 0. The Kier molecular flexibility index (Phi) is 5.24. The lowest BCUT2D eigenvalue weighted by Crippen LogP contribution is -2.36. The lowest BCUT2D eigenvalue weighted by atomic mass is 10.3. The van der Waals surface area contributed by atoms with Crippen molar-refractivity contribution in [3.63, 3.8) is 0 Å². The summed E-state index contributed by atoms with van der Waals surface area (Å²) < 4.78 is 5.20. The van der Waals surface area contributed by atoms with Gasteiger partial charge in [0.05, 0.1) is 19.8 Å². The Hall–Kier alpha value is -0.880. The minimum Gasteiger partial charge on any atom is -0.379 e. The Balaban J connectivity index is 1.90. The summed E-state index contributed by atoms with van der Waals surface area (Å²) in [6.45, 7) is 4.71. The van der Waals surface area contributed by atoms with Gasteiger partial charge >= 0.3 is 0 Å². The molecule has 0 amide bonds. The van der Waals surface area contributed by atoms with Crippen LogP contribution >= 0.6 is 0 Å². The van der Waals surface area contributed by atoms with E-state index >= 15 is 0 Å². The van der Waals surface area contributed by atoms with Crippen LogP contribution in [0.1, 0.15) is 12.8 Å². The Bertz CT molecular complexity index is 171. The van der Waals surface area contributed by atoms with Crippen molar-refractivity contribution in [2.45, 2.75) is 12.8 Å². The topological polar surface area (TPSA) is 64.8 Å². The summed E-state index contributed by atoms with van der Waals surface area (Å²) in [5, 5.41) is 9.08. The van der Waals surface area contributed by atoms with Gasteiger partial charge in [0.1, 0.15) is 0 Å². The van der Waals surface area contributed by atoms with E-state index in [9.17, 15) is 10.1 Å². The van der Waals surface area contributed by atoms with E-state index < -0.39 is 5.09 Å². The van der Waals surface area contributed by atoms with Crippen molar-refractivity contribution in [1.29, 1.82) is 0 Å². The number of morpholine rings is 1. The number of unbranched alkanes of at least 4 members (excludes halogenated alkanes) is 1. The standard InChI is InChI=1S/C8H16N2O4/c11-10(12)14-6-2-1-3-9-4-7-13-8-5-9/h1-8H2. The average molecular weight is 204 g/mol. The van der Waals surface area contributed by atoms with Crippen molar-refractivity contribution in [2.75, 3.05) is 39.5 Å². The van der Waals surface area contributed by atoms with Gasteiger partial charge in [0, 0.05) is 13.1 Å². The molecule has 0 aromatic heterocycles. The number of nitrogens with zero attached hydrogens (tertiary/aromatic N) is 2. The molecule has 0 spiro atoms. The van der Waals surface area contributed by atoms with Crippen LogP contribution in [0, 0.1) is 10.1 Å². The molecule has 1 heterocycles. The maximum Gasteiger partial charge on any atom is 0.294 e. The van der Waals surface area contributed by atoms with Crippen LogP contribution in [-0.4, -0.2) is 49.4 Å². The molecule has 0 N–H and O–H groups in total. The van der Waals surface area contributed by atoms with Gasteiger partial charge in [-0.15, -0.1) is 10.1 Å². The predicted octanol–water partition coefficient (Wildman–Crippen LogP) is 0.307. The first-order valence-electron chi connectivity index (χ1n) is 4.86. The van der Waals surface area contributed by atoms with Crippen molar-refractivity contribution in [1.82, 2.24) is 4.90 Å². The third kappa shape index (κ3) is 4.98. The van der Waals surface area contributed by atoms with Crippen molar-refractivity contribution in [3.05, 3.63) is 10.1 Å². The summed E-state index contributed by atoms with van der Waals surface area (Å²) in [5.41, 5.74) is 0. The largest absolute Gasteiger partial charge is 0.379 e. The molecule has 1 aliphatic rings. The summed E-state index contributed by atoms with van der Waals surface area (Å²) in [7, 11) is 0. The molecule has 6 heteroatoms. The summed E-state index contributed by atoms with van der Waals surface area (Å²) >= 11 is 0. The van der Waals surface area contributed by atoms with Crippen LogP contribution in [0.3, 0.4) is 0 Å². The Morgan fingerprint density at radius 1 is 1.36 bits per heavy atom. The molecule has 0 saturated carbocycles. The van der Waals surface area contributed by atoms with Gasteiger partial charge in [-0.3, -0.25) is 4.90 Å². The zero-order chi connectivity index (χ0) is 10.2. The van der Waals surface area contributed by atoms with Crippen LogP contribution in [0.25, 0.3) is 0 Å². The Morgan fingerprint density at radius 2 is 2.07 bits per heavy atom. The van der Waals surface area contributed by atoms with Crippen LogP contribution in [0.4, 0.5) is 0 Å². The van der Waals surface area contributed by atoms with Gasteiger partial charge in [0.15, 0.2) is 0 Å². The van der Waals surface area contributed by atoms with E-state index in [1.165, 1.54) is 0 Å². The molecule has 14 heavy (non-hydrogen) atoms. The van der Waals surface area contributed by atoms with E-state index in [-0.39, 0.29) is 6.61 Å². The number of ether oxygens (including phenoxy) is 1. The van der Waals surface area contributed by atoms with Crippen molar-refractivity contribution in [2.24, 2.45) is 0 Å². The van der Waals surface area contributed by atoms with Crippen molar-refractivity contribution in [3.8, 4) is 0 Å². The van der Waals surface area contributed by atoms with Gasteiger partial charge in [0.25, 0.3) is 5.09 Å². The fourth-order valence-electron chi connectivity index (χ4n) is 1.40. The number of hydrogen-bond acceptors (Lipinski definition) is 5. The first-order valence-corrected chi connectivity index (χ1v) is 4.86. The quantitative estimate of drug-likeness (QED) is 0.354. The Labute approximate surface area is 82.9 Å². The van der Waals surface area contributed by atoms with Gasteiger partial charge < -0.3 is 9.57 Å². The highest BCUT2D eigenvalue weighted by Crippen LogP contribution is 2.00. The summed E-state index contributed by atoms with van der Waals surface area (Å²) in [6, 6.07) is 0. The number of rotatable bonds is 6. The molecule has 0 radical (unpaired) electrons. The highest BCUT2D eigenvalue weighted by Gasteiger charge is 2.08. The van der Waals surface area contributed by atoms with E-state index in [1.807, 2.05) is 0 Å². The van der Waals surface area contributed by atoms with E-state index in [1.54, 1.807) is 0 Å². The van der Waals surface area contributed by atoms with E-state index in [2.05, 4.69) is 9.74 Å². The minimum absolute atomic E-state index is 0.206. The predicted molar refractivity (Wildman–Crippen MR) is 49.4 cm³/mol. The first kappa shape index (κ1) is 11.2. The molecule has 0 bridgehead atoms. The van der Waals surface area contributed by atoms with E-state index in [0.29, 0.717) is 0 Å². The highest BCUT2D eigenvalue weighted by molar-refractivity contribution is 4.61. The Morgan fingerprint density at radius 3 is 2.71 bits per heavy atom. The molecule has 0 unspecified atom stereocenters. The van der Waals surface area contributed by atoms with Crippen LogP contribution < -0.4 is 0 Å². The second kappa shape index (κ2) is 6.56. The highest BCUT2D eigenvalue weighted by atomic mass is 16.9. The summed E-state index contributed by atoms with van der Waals surface area (Å²) in [5.74, 6) is 0. The van der Waals surface area contributed by atoms with Crippen LogP contribution in [-0.2, 0) is 9.57 Å². The average Bonchev–Trinajstić information content (AvgIpc) is 2.18. The molecule has 0 atom stereocenters. The zero-order valence-corrected chi connectivity index (χ0v) is 8.18. The monoisotopic (exact) mass is 204 g/mol. The second-order valence-corrected chi connectivity index (χ2v) is 3.22. The molecule has 1 saturated heterocycles. The van der Waals surface area contributed by atoms with Crippen molar-refractivity contribution >= 4 is 0 Å². The lowest BCUT2D eigenvalue weighted by molar-refractivity contribution is -0.757. The second-order valence-electron chi connectivity index (χ2n) is 3.22. The first-order chi connectivity index (χ1) is 6.79. The summed E-state index contributed by atoms with van der Waals surface area (Å²) in [4.78, 5) is 16.3. The molecule has 0 aromatic carbocycles. The molecular formula is C8H16N2O4. The maximum atomic E-state index is 9.82. The van der Waals surface area contributed by atoms with Crippen molar-refractivity contribution < 1.29 is 14.7 Å². The van der Waals surface area contributed by atoms with Gasteiger partial charge in [-0.25, -0.2) is 0 Å². The molecule has 82 valence electrons. The molecule has 0 aromatic rings. The lowest BCUT2D eigenvalue weighted by Gasteiger charge is -2.26. The van der Waals surface area contributed by atoms with Gasteiger partial charge in [-0.05, 0) is 19.4 Å². The maximum absolute atomic E-state index is 9.82. The molecule has 6 nitrogen and oxygen atoms in total. The smallest absolute Gasteiger partial charge is 0.294 e. The van der Waals surface area contributed by atoms with Crippen LogP contribution in [0.2, 0.25) is 0 Å². The van der Waals surface area contributed by atoms with E-state index in [0.717, 1.165) is 45.7 Å². The van der Waals surface area contributed by atoms with Crippen LogP contribution in [0.15, 0.2) is 0 Å². The zero-order valence-electron chi connectivity index (χ0n) is 8.18. The fraction of sp³-hybridized carbons (Fsp3) is 1.00. The molecule has 1 rings (SSSR count). The molecule has 1 aliphatic heterocycles. The molecular weight excluding hydrogens is 188 g/mol. The molecule has 1 fully saturated rings. The minimum atomic E-state index is -0.741. The van der Waals surface area contributed by atoms with Gasteiger partial charge in [0.2, 0.25) is 0 Å².